The molecule has 128 heavy (non-hydrogen) atoms. The molecule has 0 saturated carbocycles. The molecular weight excluding hydrogens is 1600 g/mol. The van der Waals surface area contributed by atoms with Crippen LogP contribution in [0.2, 0.25) is 0 Å². The lowest BCUT2D eigenvalue weighted by Crippen LogP contribution is -2.39. The molecule has 0 aliphatic heterocycles. The minimum atomic E-state index is 0.716. The summed E-state index contributed by atoms with van der Waals surface area (Å²) in [7, 11) is 0. The summed E-state index contributed by atoms with van der Waals surface area (Å²) in [5.74, 6) is 0. The summed E-state index contributed by atoms with van der Waals surface area (Å²) in [4.78, 5) is 40.6. The number of hydrogen-bond acceptors (Lipinski definition) is 32. The van der Waals surface area contributed by atoms with E-state index in [-0.39, 0.29) is 0 Å². The van der Waals surface area contributed by atoms with Gasteiger partial charge in [-0.15, -0.1) is 0 Å². The van der Waals surface area contributed by atoms with E-state index in [4.69, 9.17) is 96.5 Å². The molecule has 0 aliphatic rings. The maximum atomic E-state index is 6.26. The topological polar surface area (TPSA) is 474 Å². The Balaban J connectivity index is 7.90. The average molecular weight is 1830 g/mol. The second-order valence-corrected chi connectivity index (χ2v) is 36.8. The quantitative estimate of drug-likeness (QED) is 0.0382. The van der Waals surface area contributed by atoms with Gasteiger partial charge in [0, 0.05) is 19.8 Å². The minimum absolute atomic E-state index is 0.716. The Bertz CT molecular complexity index is 1700. The summed E-state index contributed by atoms with van der Waals surface area (Å²) >= 11 is 0. The van der Waals surface area contributed by atoms with Crippen molar-refractivity contribution in [1.82, 2.24) is 73.5 Å². The third kappa shape index (κ3) is 80.8. The Morgan fingerprint density at radius 1 is 0.109 bits per heavy atom. The van der Waals surface area contributed by atoms with Crippen LogP contribution in [0.1, 0.15) is 212 Å². The van der Waals surface area contributed by atoms with Crippen LogP contribution in [0.15, 0.2) is 0 Å². The van der Waals surface area contributed by atoms with Crippen molar-refractivity contribution in [2.75, 3.05) is 412 Å². The molecule has 0 atom stereocenters. The molecule has 0 fully saturated rings. The molecule has 0 amide bonds. The highest BCUT2D eigenvalue weighted by Crippen LogP contribution is 2.14. The van der Waals surface area contributed by atoms with E-state index in [9.17, 15) is 0 Å². The van der Waals surface area contributed by atoms with Crippen LogP contribution >= 0.6 is 0 Å². The average Bonchev–Trinajstić information content (AvgIpc) is 0.929. The highest BCUT2D eigenvalue weighted by molar-refractivity contribution is 4.77. The van der Waals surface area contributed by atoms with Gasteiger partial charge in [0.05, 0.1) is 0 Å². The zero-order valence-corrected chi connectivity index (χ0v) is 84.5. The van der Waals surface area contributed by atoms with Crippen molar-refractivity contribution in [1.29, 1.82) is 0 Å². The molecule has 0 saturated heterocycles. The fraction of sp³-hybridized carbons (Fsp3) is 1.00. The van der Waals surface area contributed by atoms with Gasteiger partial charge in [0.2, 0.25) is 0 Å². The second-order valence-electron chi connectivity index (χ2n) is 36.8. The van der Waals surface area contributed by atoms with Crippen molar-refractivity contribution in [3.05, 3.63) is 0 Å². The van der Waals surface area contributed by atoms with Crippen LogP contribution in [0.5, 0.6) is 0 Å². The first-order valence-corrected chi connectivity index (χ1v) is 53.5. The van der Waals surface area contributed by atoms with Crippen LogP contribution < -0.4 is 91.7 Å². The first-order valence-electron chi connectivity index (χ1n) is 53.5. The zero-order valence-electron chi connectivity index (χ0n) is 84.5. The number of rotatable bonds is 110. The van der Waals surface area contributed by atoms with E-state index in [1.807, 2.05) is 0 Å². The normalized spacial score (nSPS) is 12.6. The molecule has 0 aromatic heterocycles. The van der Waals surface area contributed by atoms with Crippen molar-refractivity contribution in [2.45, 2.75) is 212 Å². The van der Waals surface area contributed by atoms with Crippen LogP contribution in [0.25, 0.3) is 0 Å². The van der Waals surface area contributed by atoms with Gasteiger partial charge in [0.25, 0.3) is 0 Å². The Hall–Kier alpha value is -1.28. The van der Waals surface area contributed by atoms with Crippen molar-refractivity contribution < 1.29 is 4.74 Å². The highest BCUT2D eigenvalue weighted by Gasteiger charge is 2.20. The maximum Gasteiger partial charge on any atom is 0.0478 e. The predicted octanol–water partition coefficient (Wildman–Crippen LogP) is 1.38. The number of hydrogen-bond donors (Lipinski definition) is 16. The van der Waals surface area contributed by atoms with Crippen LogP contribution in [-0.2, 0) is 4.74 Å². The maximum absolute atomic E-state index is 6.26. The van der Waals surface area contributed by atoms with E-state index in [2.05, 4.69) is 80.4 Å². The van der Waals surface area contributed by atoms with E-state index >= 15 is 0 Å². The summed E-state index contributed by atoms with van der Waals surface area (Å²) in [6.45, 7) is 63.3. The van der Waals surface area contributed by atoms with Gasteiger partial charge in [0.1, 0.15) is 0 Å². The Morgan fingerprint density at radius 2 is 0.188 bits per heavy atom. The van der Waals surface area contributed by atoms with Gasteiger partial charge in [-0.2, -0.15) is 0 Å². The SMILES string of the molecule is CCCOCCCN(CCCN(CCCN(CCCN(CCCN)CCCN)CCCN(CCCN)CCCN)CCCN(CCCN(CCCN)CCCN)CCCN(CCCN)CCCN)CCCN(CCCN(CCCN(CCCN)CCCN)CCCN(CCCN)CCCN)CCCN(CCCN(CCCN)CCCN)CCCN(CCCN)CCCN. The van der Waals surface area contributed by atoms with Gasteiger partial charge in [0.15, 0.2) is 0 Å². The smallest absolute Gasteiger partial charge is 0.0478 e. The fourth-order valence-electron chi connectivity index (χ4n) is 18.0. The molecule has 32 nitrogen and oxygen atoms in total. The molecular formula is C96H225N31O. The van der Waals surface area contributed by atoms with E-state index in [1.54, 1.807) is 0 Å². The van der Waals surface area contributed by atoms with Gasteiger partial charge >= 0.3 is 0 Å². The second kappa shape index (κ2) is 100. The third-order valence-electron chi connectivity index (χ3n) is 25.2. The molecule has 32 N–H and O–H groups in total. The lowest BCUT2D eigenvalue weighted by Gasteiger charge is -2.31. The van der Waals surface area contributed by atoms with E-state index < -0.39 is 0 Å². The van der Waals surface area contributed by atoms with Crippen LogP contribution in [0.3, 0.4) is 0 Å². The Kier molecular flexibility index (Phi) is 99.2. The molecule has 770 valence electrons. The van der Waals surface area contributed by atoms with Crippen molar-refractivity contribution >= 4 is 0 Å². The summed E-state index contributed by atoms with van der Waals surface area (Å²) in [5.41, 5.74) is 97.6. The highest BCUT2D eigenvalue weighted by atomic mass is 16.5. The molecule has 0 aromatic rings. The predicted molar refractivity (Wildman–Crippen MR) is 556 cm³/mol. The number of nitrogens with zero attached hydrogens (tertiary/aromatic N) is 15. The van der Waals surface area contributed by atoms with E-state index in [0.29, 0.717) is 105 Å². The van der Waals surface area contributed by atoms with Crippen molar-refractivity contribution in [3.63, 3.8) is 0 Å². The molecule has 32 heteroatoms. The van der Waals surface area contributed by atoms with Gasteiger partial charge in [-0.3, -0.25) is 0 Å². The Labute approximate surface area is 790 Å². The molecule has 0 aromatic carbocycles. The molecule has 0 heterocycles. The first kappa shape index (κ1) is 127. The van der Waals surface area contributed by atoms with Gasteiger partial charge in [-0.05, 0) is 598 Å². The Morgan fingerprint density at radius 3 is 0.266 bits per heavy atom. The lowest BCUT2D eigenvalue weighted by atomic mass is 10.2. The summed E-state index contributed by atoms with van der Waals surface area (Å²) in [6.07, 6.45) is 34.3. The van der Waals surface area contributed by atoms with Crippen LogP contribution in [0.4, 0.5) is 0 Å². The van der Waals surface area contributed by atoms with Crippen molar-refractivity contribution in [2.24, 2.45) is 91.7 Å². The standard InChI is InChI=1S/C96H225N31O/c1-2-95-128-96-33-94-127(92-31-90-125(86-27-82-121(74-19-66-113(50-3-34-97)51-4-35-98)75-20-67-114(52-5-36-99)53-6-37-100)87-28-83-122(76-21-68-115(54-7-38-101)55-8-39-102)77-22-69-116(56-9-40-103)57-10-41-104)93-32-91-126(88-29-84-123(78-23-70-117(58-11-42-105)59-12-43-106)79-24-71-118(60-13-44-107)61-14-45-108)89-30-85-124(80-25-72-119(62-15-46-109)63-16-47-110)81-26-73-120(64-17-48-111)65-18-49-112/h2-112H2,1H3. The van der Waals surface area contributed by atoms with E-state index in [1.165, 1.54) is 0 Å². The largest absolute Gasteiger partial charge is 0.381 e. The molecule has 0 unspecified atom stereocenters. The number of ether oxygens (including phenoxy) is 1. The molecule has 0 radical (unpaired) electrons. The van der Waals surface area contributed by atoms with Crippen LogP contribution in [-0.4, -0.2) is 486 Å². The van der Waals surface area contributed by atoms with Gasteiger partial charge in [-0.1, -0.05) is 6.92 Å². The lowest BCUT2D eigenvalue weighted by molar-refractivity contribution is 0.118. The summed E-state index contributed by atoms with van der Waals surface area (Å²) < 4.78 is 6.26. The molecule has 0 spiro atoms. The fourth-order valence-corrected chi connectivity index (χ4v) is 18.0. The summed E-state index contributed by atoms with van der Waals surface area (Å²) in [5, 5.41) is 0. The van der Waals surface area contributed by atoms with Gasteiger partial charge in [-0.25, -0.2) is 0 Å². The first-order chi connectivity index (χ1) is 62.9. The summed E-state index contributed by atoms with van der Waals surface area (Å²) in [6, 6.07) is 0. The number of nitrogens with two attached hydrogens (primary N) is 16. The monoisotopic (exact) mass is 1830 g/mol. The van der Waals surface area contributed by atoms with Gasteiger partial charge < -0.3 is 170 Å². The minimum Gasteiger partial charge on any atom is -0.381 e. The zero-order chi connectivity index (χ0) is 93.5. The molecule has 0 aliphatic carbocycles. The third-order valence-corrected chi connectivity index (χ3v) is 25.2. The molecule has 0 bridgehead atoms. The van der Waals surface area contributed by atoms with Crippen molar-refractivity contribution in [3.8, 4) is 0 Å². The van der Waals surface area contributed by atoms with Crippen LogP contribution in [0, 0.1) is 0 Å². The molecule has 0 rings (SSSR count). The van der Waals surface area contributed by atoms with E-state index in [0.717, 1.165) is 513 Å².